The summed E-state index contributed by atoms with van der Waals surface area (Å²) < 4.78 is 54.2. The third-order valence-electron chi connectivity index (χ3n) is 12.0. The van der Waals surface area contributed by atoms with Gasteiger partial charge in [-0.1, -0.05) is 179 Å². The van der Waals surface area contributed by atoms with E-state index in [-0.39, 0.29) is 19.4 Å². The lowest BCUT2D eigenvalue weighted by atomic mass is 10.00. The number of hydrogen-bond acceptors (Lipinski definition) is 11. The van der Waals surface area contributed by atoms with Gasteiger partial charge in [-0.05, 0) is 64.2 Å². The molecule has 2 unspecified atom stereocenters. The van der Waals surface area contributed by atoms with Crippen LogP contribution in [0.2, 0.25) is 0 Å². The molecule has 1 rings (SSSR count). The van der Waals surface area contributed by atoms with Crippen molar-refractivity contribution < 1.29 is 56.8 Å². The Hall–Kier alpha value is -1.87. The first kappa shape index (κ1) is 60.1. The summed E-state index contributed by atoms with van der Waals surface area (Å²) in [5, 5.41) is 31.0. The van der Waals surface area contributed by atoms with Crippen LogP contribution < -0.4 is 0 Å². The van der Waals surface area contributed by atoms with E-state index in [1.807, 2.05) is 0 Å². The minimum Gasteiger partial charge on any atom is -0.462 e. The number of carbonyl (C=O) groups excluding carboxylic acids is 2. The smallest absolute Gasteiger partial charge is 0.306 e. The van der Waals surface area contributed by atoms with Crippen molar-refractivity contribution in [2.75, 3.05) is 19.0 Å². The second-order valence-corrected chi connectivity index (χ2v) is 19.7. The molecule has 1 fully saturated rings. The molecule has 0 bridgehead atoms. The SMILES string of the molecule is CCCCCC/C=C/CCCCCCCCCC(=O)O[C@H](COC(=O)CCCCCCCCCCCCC/C=C/CCCCCCCC)CO[C@H]1O[C@H](CS(=O)(=O)O)[C@@H](O)C(O)C1O. The Labute approximate surface area is 389 Å². The Morgan fingerprint density at radius 2 is 0.891 bits per heavy atom. The van der Waals surface area contributed by atoms with E-state index >= 15 is 0 Å². The Morgan fingerprint density at radius 1 is 0.516 bits per heavy atom. The molecule has 1 aliphatic rings. The largest absolute Gasteiger partial charge is 0.462 e. The highest BCUT2D eigenvalue weighted by Crippen LogP contribution is 2.24. The van der Waals surface area contributed by atoms with Gasteiger partial charge in [0.1, 0.15) is 36.8 Å². The van der Waals surface area contributed by atoms with Crippen LogP contribution in [0, 0.1) is 0 Å². The maximum Gasteiger partial charge on any atom is 0.306 e. The third kappa shape index (κ3) is 35.3. The van der Waals surface area contributed by atoms with Crippen molar-refractivity contribution in [3.63, 3.8) is 0 Å². The number of aliphatic hydroxyl groups is 3. The van der Waals surface area contributed by atoms with Gasteiger partial charge in [-0.25, -0.2) is 0 Å². The summed E-state index contributed by atoms with van der Waals surface area (Å²) in [6.45, 7) is 3.77. The fraction of sp³-hybridized carbons (Fsp3) is 0.882. The van der Waals surface area contributed by atoms with Crippen LogP contribution in [0.3, 0.4) is 0 Å². The molecule has 13 heteroatoms. The summed E-state index contributed by atoms with van der Waals surface area (Å²) in [7, 11) is -4.60. The molecule has 0 saturated carbocycles. The van der Waals surface area contributed by atoms with Crippen LogP contribution in [-0.2, 0) is 38.7 Å². The van der Waals surface area contributed by atoms with Gasteiger partial charge in [0.25, 0.3) is 10.1 Å². The van der Waals surface area contributed by atoms with Crippen molar-refractivity contribution in [3.8, 4) is 0 Å². The molecular weight excluding hydrogens is 837 g/mol. The Balaban J connectivity index is 2.35. The summed E-state index contributed by atoms with van der Waals surface area (Å²) in [6, 6.07) is 0. The van der Waals surface area contributed by atoms with Gasteiger partial charge in [0.15, 0.2) is 12.4 Å². The van der Waals surface area contributed by atoms with Crippen LogP contribution in [0.1, 0.15) is 232 Å². The van der Waals surface area contributed by atoms with Gasteiger partial charge < -0.3 is 34.3 Å². The number of rotatable bonds is 44. The molecule has 0 aromatic rings. The van der Waals surface area contributed by atoms with E-state index in [2.05, 4.69) is 38.2 Å². The number of carbonyl (C=O) groups is 2. The quantitative estimate of drug-likeness (QED) is 0.0196. The number of unbranched alkanes of at least 4 members (excludes halogenated alkanes) is 28. The van der Waals surface area contributed by atoms with E-state index in [9.17, 15) is 37.9 Å². The molecule has 64 heavy (non-hydrogen) atoms. The second-order valence-electron chi connectivity index (χ2n) is 18.2. The van der Waals surface area contributed by atoms with Crippen LogP contribution in [-0.4, -0.2) is 96.0 Å². The lowest BCUT2D eigenvalue weighted by molar-refractivity contribution is -0.297. The molecule has 0 amide bonds. The Bertz CT molecular complexity index is 1270. The van der Waals surface area contributed by atoms with E-state index in [0.717, 1.165) is 51.4 Å². The van der Waals surface area contributed by atoms with Gasteiger partial charge >= 0.3 is 11.9 Å². The van der Waals surface area contributed by atoms with Crippen LogP contribution in [0.5, 0.6) is 0 Å². The topological polar surface area (TPSA) is 186 Å². The minimum atomic E-state index is -4.60. The van der Waals surface area contributed by atoms with Crippen molar-refractivity contribution in [1.82, 2.24) is 0 Å². The number of allylic oxidation sites excluding steroid dienone is 4. The predicted octanol–water partition coefficient (Wildman–Crippen LogP) is 11.6. The molecule has 0 aromatic carbocycles. The van der Waals surface area contributed by atoms with Gasteiger partial charge in [-0.15, -0.1) is 0 Å². The van der Waals surface area contributed by atoms with E-state index in [1.54, 1.807) is 0 Å². The third-order valence-corrected chi connectivity index (χ3v) is 12.8. The minimum absolute atomic E-state index is 0.161. The van der Waals surface area contributed by atoms with Gasteiger partial charge in [0.2, 0.25) is 0 Å². The Kier molecular flexibility index (Phi) is 38.8. The number of aliphatic hydroxyl groups excluding tert-OH is 3. The molecule has 1 saturated heterocycles. The van der Waals surface area contributed by atoms with E-state index in [4.69, 9.17) is 18.9 Å². The summed E-state index contributed by atoms with van der Waals surface area (Å²) >= 11 is 0. The molecular formula is C51H94O12S. The second kappa shape index (κ2) is 41.3. The van der Waals surface area contributed by atoms with Crippen molar-refractivity contribution >= 4 is 22.1 Å². The summed E-state index contributed by atoms with van der Waals surface area (Å²) in [6.07, 6.45) is 37.9. The zero-order valence-corrected chi connectivity index (χ0v) is 41.2. The lowest BCUT2D eigenvalue weighted by Crippen LogP contribution is -2.60. The highest BCUT2D eigenvalue weighted by molar-refractivity contribution is 7.85. The monoisotopic (exact) mass is 931 g/mol. The summed E-state index contributed by atoms with van der Waals surface area (Å²) in [4.78, 5) is 25.5. The first-order chi connectivity index (χ1) is 31.0. The van der Waals surface area contributed by atoms with Crippen LogP contribution in [0.15, 0.2) is 24.3 Å². The average molecular weight is 931 g/mol. The first-order valence-electron chi connectivity index (χ1n) is 25.9. The van der Waals surface area contributed by atoms with Gasteiger partial charge in [-0.3, -0.25) is 14.1 Å². The molecule has 376 valence electrons. The Morgan fingerprint density at radius 3 is 1.31 bits per heavy atom. The zero-order valence-electron chi connectivity index (χ0n) is 40.4. The van der Waals surface area contributed by atoms with Gasteiger partial charge in [-0.2, -0.15) is 8.42 Å². The van der Waals surface area contributed by atoms with Gasteiger partial charge in [0.05, 0.1) is 6.61 Å². The van der Waals surface area contributed by atoms with Crippen molar-refractivity contribution in [1.29, 1.82) is 0 Å². The first-order valence-corrected chi connectivity index (χ1v) is 27.5. The maximum absolute atomic E-state index is 12.8. The molecule has 4 N–H and O–H groups in total. The van der Waals surface area contributed by atoms with Crippen LogP contribution >= 0.6 is 0 Å². The summed E-state index contributed by atoms with van der Waals surface area (Å²) in [5.74, 6) is -1.98. The number of esters is 2. The van der Waals surface area contributed by atoms with Crippen molar-refractivity contribution in [2.45, 2.75) is 269 Å². The van der Waals surface area contributed by atoms with E-state index < -0.39 is 71.2 Å². The molecule has 0 aliphatic carbocycles. The van der Waals surface area contributed by atoms with Crippen LogP contribution in [0.4, 0.5) is 0 Å². The lowest BCUT2D eigenvalue weighted by Gasteiger charge is -2.40. The fourth-order valence-electron chi connectivity index (χ4n) is 7.96. The molecule has 0 aromatic heterocycles. The maximum atomic E-state index is 12.8. The zero-order chi connectivity index (χ0) is 46.9. The van der Waals surface area contributed by atoms with Crippen molar-refractivity contribution in [2.24, 2.45) is 0 Å². The predicted molar refractivity (Wildman–Crippen MR) is 256 cm³/mol. The normalized spacial score (nSPS) is 19.8. The highest BCUT2D eigenvalue weighted by Gasteiger charge is 2.46. The number of ether oxygens (including phenoxy) is 4. The standard InChI is InChI=1S/C51H94O12S/c1-3-5-7-9-11-13-15-17-19-20-21-22-23-24-26-27-29-31-33-35-37-39-46(52)60-41-44(42-61-51-50(56)49(55)48(54)45(63-51)43-64(57,58)59)62-47(53)40-38-36-34-32-30-28-25-18-16-14-12-10-8-6-4-2/h14,16-17,19,44-45,48-51,54-56H,3-13,15,18,20-43H2,1-2H3,(H,57,58,59)/b16-14+,19-17+/t44-,45-,48-,49?,50?,51+/m1/s1. The van der Waals surface area contributed by atoms with Crippen LogP contribution in [0.25, 0.3) is 0 Å². The van der Waals surface area contributed by atoms with Gasteiger partial charge in [0, 0.05) is 12.8 Å². The molecule has 1 heterocycles. The van der Waals surface area contributed by atoms with E-state index in [0.29, 0.717) is 12.8 Å². The van der Waals surface area contributed by atoms with E-state index in [1.165, 1.54) is 141 Å². The van der Waals surface area contributed by atoms with Crippen molar-refractivity contribution in [3.05, 3.63) is 24.3 Å². The molecule has 1 aliphatic heterocycles. The fourth-order valence-corrected chi connectivity index (χ4v) is 8.65. The highest BCUT2D eigenvalue weighted by atomic mass is 32.2. The molecule has 12 nitrogen and oxygen atoms in total. The molecule has 0 radical (unpaired) electrons. The molecule has 0 spiro atoms. The average Bonchev–Trinajstić information content (AvgIpc) is 3.26. The summed E-state index contributed by atoms with van der Waals surface area (Å²) in [5.41, 5.74) is 0. The number of hydrogen-bond donors (Lipinski definition) is 4. The molecule has 6 atom stereocenters.